The van der Waals surface area contributed by atoms with E-state index in [1.165, 1.54) is 30.5 Å². The van der Waals surface area contributed by atoms with Crippen molar-refractivity contribution in [2.45, 2.75) is 6.36 Å². The molecule has 1 N–H and O–H groups in total. The van der Waals surface area contributed by atoms with Gasteiger partial charge < -0.3 is 10.1 Å². The average molecular weight is 317 g/mol. The minimum Gasteiger partial charge on any atom is -0.406 e. The van der Waals surface area contributed by atoms with Crippen LogP contribution in [0.5, 0.6) is 5.75 Å². The van der Waals surface area contributed by atoms with E-state index in [0.717, 1.165) is 12.1 Å². The molecule has 21 heavy (non-hydrogen) atoms. The first-order valence-electron chi connectivity index (χ1n) is 5.62. The van der Waals surface area contributed by atoms with Crippen molar-refractivity contribution in [2.24, 2.45) is 0 Å². The van der Waals surface area contributed by atoms with Crippen LogP contribution in [0.1, 0.15) is 10.4 Å². The Morgan fingerprint density at radius 2 is 1.86 bits per heavy atom. The van der Waals surface area contributed by atoms with Crippen LogP contribution in [-0.4, -0.2) is 17.3 Å². The van der Waals surface area contributed by atoms with Gasteiger partial charge in [0.2, 0.25) is 0 Å². The third-order valence-electron chi connectivity index (χ3n) is 2.33. The van der Waals surface area contributed by atoms with Crippen molar-refractivity contribution in [2.75, 3.05) is 5.32 Å². The molecule has 1 aromatic heterocycles. The number of rotatable bonds is 3. The first-order valence-corrected chi connectivity index (χ1v) is 6.00. The minimum absolute atomic E-state index is 0.163. The molecule has 8 heteroatoms. The van der Waals surface area contributed by atoms with Crippen LogP contribution in [-0.2, 0) is 0 Å². The van der Waals surface area contributed by atoms with Crippen LogP contribution in [0.2, 0.25) is 5.15 Å². The van der Waals surface area contributed by atoms with Crippen LogP contribution in [0.4, 0.5) is 18.9 Å². The summed E-state index contributed by atoms with van der Waals surface area (Å²) in [6, 6.07) is 7.62. The molecule has 2 aromatic rings. The molecule has 0 atom stereocenters. The molecule has 0 spiro atoms. The lowest BCUT2D eigenvalue weighted by Crippen LogP contribution is -2.17. The Morgan fingerprint density at radius 3 is 2.43 bits per heavy atom. The number of alkyl halides is 3. The molecule has 0 aliphatic heterocycles. The van der Waals surface area contributed by atoms with Crippen molar-refractivity contribution in [3.8, 4) is 5.75 Å². The summed E-state index contributed by atoms with van der Waals surface area (Å²) in [5.74, 6) is -0.823. The number of pyridine rings is 1. The normalized spacial score (nSPS) is 11.0. The van der Waals surface area contributed by atoms with Gasteiger partial charge in [0.15, 0.2) is 0 Å². The van der Waals surface area contributed by atoms with Crippen molar-refractivity contribution in [3.63, 3.8) is 0 Å². The molecule has 0 aliphatic carbocycles. The predicted octanol–water partition coefficient (Wildman–Crippen LogP) is 3.89. The van der Waals surface area contributed by atoms with E-state index in [1.807, 2.05) is 0 Å². The number of ether oxygens (including phenoxy) is 1. The Kier molecular flexibility index (Phi) is 4.32. The molecule has 0 saturated carbocycles. The molecule has 0 bridgehead atoms. The van der Waals surface area contributed by atoms with Gasteiger partial charge in [-0.1, -0.05) is 11.6 Å². The first-order chi connectivity index (χ1) is 9.83. The van der Waals surface area contributed by atoms with Crippen LogP contribution in [0.25, 0.3) is 0 Å². The van der Waals surface area contributed by atoms with E-state index < -0.39 is 12.3 Å². The summed E-state index contributed by atoms with van der Waals surface area (Å²) in [5.41, 5.74) is 0.605. The highest BCUT2D eigenvalue weighted by Crippen LogP contribution is 2.24. The standard InChI is InChI=1S/C13H8ClF3N2O2/c14-11-7-8(5-6-18-11)12(20)19-9-1-3-10(4-2-9)21-13(15,16)17/h1-7H,(H,19,20). The second-order valence-electron chi connectivity index (χ2n) is 3.89. The van der Waals surface area contributed by atoms with Crippen molar-refractivity contribution >= 4 is 23.2 Å². The molecule has 1 heterocycles. The number of carbonyl (C=O) groups excluding carboxylic acids is 1. The van der Waals surface area contributed by atoms with Crippen LogP contribution in [0, 0.1) is 0 Å². The highest BCUT2D eigenvalue weighted by Gasteiger charge is 2.30. The van der Waals surface area contributed by atoms with Crippen LogP contribution in [0.3, 0.4) is 0 Å². The molecule has 0 saturated heterocycles. The third kappa shape index (κ3) is 4.64. The van der Waals surface area contributed by atoms with Crippen molar-refractivity contribution < 1.29 is 22.7 Å². The molecule has 0 unspecified atom stereocenters. The molecular weight excluding hydrogens is 309 g/mol. The summed E-state index contributed by atoms with van der Waals surface area (Å²) in [4.78, 5) is 15.6. The molecule has 0 radical (unpaired) electrons. The molecule has 110 valence electrons. The van der Waals surface area contributed by atoms with Gasteiger partial charge in [-0.05, 0) is 36.4 Å². The largest absolute Gasteiger partial charge is 0.573 e. The van der Waals surface area contributed by atoms with E-state index in [2.05, 4.69) is 15.0 Å². The van der Waals surface area contributed by atoms with Crippen molar-refractivity contribution in [3.05, 3.63) is 53.3 Å². The number of benzene rings is 1. The first kappa shape index (κ1) is 15.1. The number of hydrogen-bond acceptors (Lipinski definition) is 3. The lowest BCUT2D eigenvalue weighted by molar-refractivity contribution is -0.274. The maximum atomic E-state index is 12.0. The summed E-state index contributed by atoms with van der Waals surface area (Å²) in [6.07, 6.45) is -3.38. The number of anilines is 1. The Bertz CT molecular complexity index is 645. The van der Waals surface area contributed by atoms with Gasteiger partial charge in [-0.15, -0.1) is 13.2 Å². The lowest BCUT2D eigenvalue weighted by atomic mass is 10.2. The van der Waals surface area contributed by atoms with E-state index >= 15 is 0 Å². The quantitative estimate of drug-likeness (QED) is 0.874. The Labute approximate surface area is 122 Å². The number of nitrogens with zero attached hydrogens (tertiary/aromatic N) is 1. The monoisotopic (exact) mass is 316 g/mol. The van der Waals surface area contributed by atoms with Gasteiger partial charge in [0.05, 0.1) is 0 Å². The molecule has 1 aromatic carbocycles. The van der Waals surface area contributed by atoms with Gasteiger partial charge in [0.1, 0.15) is 10.9 Å². The van der Waals surface area contributed by atoms with E-state index in [4.69, 9.17) is 11.6 Å². The van der Waals surface area contributed by atoms with Gasteiger partial charge >= 0.3 is 6.36 Å². The Hall–Kier alpha value is -2.28. The van der Waals surface area contributed by atoms with Gasteiger partial charge in [-0.3, -0.25) is 4.79 Å². The summed E-state index contributed by atoms with van der Waals surface area (Å²) >= 11 is 5.66. The van der Waals surface area contributed by atoms with Crippen LogP contribution < -0.4 is 10.1 Å². The summed E-state index contributed by atoms with van der Waals surface area (Å²) in [7, 11) is 0. The number of aromatic nitrogens is 1. The lowest BCUT2D eigenvalue weighted by Gasteiger charge is -2.10. The SMILES string of the molecule is O=C(Nc1ccc(OC(F)(F)F)cc1)c1ccnc(Cl)c1. The number of halogens is 4. The fourth-order valence-corrected chi connectivity index (χ4v) is 1.66. The topological polar surface area (TPSA) is 51.2 Å². The minimum atomic E-state index is -4.75. The predicted molar refractivity (Wildman–Crippen MR) is 70.3 cm³/mol. The smallest absolute Gasteiger partial charge is 0.406 e. The molecule has 1 amide bonds. The summed E-state index contributed by atoms with van der Waals surface area (Å²) in [5, 5.41) is 2.68. The third-order valence-corrected chi connectivity index (χ3v) is 2.54. The molecule has 2 rings (SSSR count). The zero-order valence-corrected chi connectivity index (χ0v) is 11.1. The van der Waals surface area contributed by atoms with Gasteiger partial charge in [-0.2, -0.15) is 0 Å². The van der Waals surface area contributed by atoms with Crippen LogP contribution >= 0.6 is 11.6 Å². The van der Waals surface area contributed by atoms with E-state index in [-0.39, 0.29) is 16.5 Å². The number of carbonyl (C=O) groups is 1. The fourth-order valence-electron chi connectivity index (χ4n) is 1.49. The number of nitrogens with one attached hydrogen (secondary N) is 1. The zero-order chi connectivity index (χ0) is 15.5. The highest BCUT2D eigenvalue weighted by molar-refractivity contribution is 6.29. The van der Waals surface area contributed by atoms with E-state index in [0.29, 0.717) is 5.69 Å². The van der Waals surface area contributed by atoms with Crippen LogP contribution in [0.15, 0.2) is 42.6 Å². The maximum absolute atomic E-state index is 12.0. The molecule has 0 fully saturated rings. The highest BCUT2D eigenvalue weighted by atomic mass is 35.5. The van der Waals surface area contributed by atoms with Gasteiger partial charge in [0, 0.05) is 17.4 Å². The summed E-state index contributed by atoms with van der Waals surface area (Å²) < 4.78 is 39.7. The van der Waals surface area contributed by atoms with Gasteiger partial charge in [-0.25, -0.2) is 4.98 Å². The molecule has 0 aliphatic rings. The average Bonchev–Trinajstić information content (AvgIpc) is 2.39. The Morgan fingerprint density at radius 1 is 1.19 bits per heavy atom. The van der Waals surface area contributed by atoms with Crippen molar-refractivity contribution in [1.29, 1.82) is 0 Å². The van der Waals surface area contributed by atoms with Crippen molar-refractivity contribution in [1.82, 2.24) is 4.98 Å². The van der Waals surface area contributed by atoms with Gasteiger partial charge in [0.25, 0.3) is 5.91 Å². The summed E-state index contributed by atoms with van der Waals surface area (Å²) in [6.45, 7) is 0. The second-order valence-corrected chi connectivity index (χ2v) is 4.28. The Balaban J connectivity index is 2.05. The maximum Gasteiger partial charge on any atom is 0.573 e. The van der Waals surface area contributed by atoms with E-state index in [9.17, 15) is 18.0 Å². The number of amides is 1. The second kappa shape index (κ2) is 6.01. The molecule has 4 nitrogen and oxygen atoms in total. The van der Waals surface area contributed by atoms with E-state index in [1.54, 1.807) is 0 Å². The molecular formula is C13H8ClF3N2O2. The zero-order valence-electron chi connectivity index (χ0n) is 10.3. The number of hydrogen-bond donors (Lipinski definition) is 1. The fraction of sp³-hybridized carbons (Fsp3) is 0.0769.